The molecule has 0 radical (unpaired) electrons. The Hall–Kier alpha value is -1.26. The number of rotatable bonds is 10. The summed E-state index contributed by atoms with van der Waals surface area (Å²) in [7, 11) is 0. The molecule has 18 heteroatoms. The van der Waals surface area contributed by atoms with E-state index in [1.54, 1.807) is 27.7 Å². The molecule has 0 bridgehead atoms. The molecule has 0 aromatic heterocycles. The maximum Gasteiger partial charge on any atom is 0.391 e. The van der Waals surface area contributed by atoms with Gasteiger partial charge in [0.2, 0.25) is 18.8 Å². The van der Waals surface area contributed by atoms with Gasteiger partial charge in [-0.05, 0) is 37.0 Å². The first-order chi connectivity index (χ1) is 24.3. The minimum Gasteiger partial charge on any atom is -0.251 e. The van der Waals surface area contributed by atoms with Crippen LogP contribution in [-0.4, -0.2) is 56.3 Å². The van der Waals surface area contributed by atoms with Crippen LogP contribution in [0.15, 0.2) is 0 Å². The monoisotopic (exact) mass is 873 g/mol. The Bertz CT molecular complexity index is 742. The quantitative estimate of drug-likeness (QED) is 0.192. The third-order valence-electron chi connectivity index (χ3n) is 5.77. The third kappa shape index (κ3) is 73.8. The molecule has 0 aliphatic heterocycles. The van der Waals surface area contributed by atoms with E-state index in [4.69, 9.17) is 0 Å². The molecular weight excluding hydrogens is 798 g/mol. The van der Waals surface area contributed by atoms with Crippen molar-refractivity contribution >= 4 is 0 Å². The van der Waals surface area contributed by atoms with Crippen LogP contribution in [0.3, 0.4) is 0 Å². The van der Waals surface area contributed by atoms with Crippen molar-refractivity contribution < 1.29 is 79.0 Å². The number of alkyl halides is 18. The summed E-state index contributed by atoms with van der Waals surface area (Å²) in [6, 6.07) is 0. The highest BCUT2D eigenvalue weighted by molar-refractivity contribution is 4.82. The average Bonchev–Trinajstić information content (AvgIpc) is 2.91. The van der Waals surface area contributed by atoms with Crippen LogP contribution in [0.25, 0.3) is 0 Å². The van der Waals surface area contributed by atoms with E-state index in [1.165, 1.54) is 27.7 Å². The van der Waals surface area contributed by atoms with Crippen molar-refractivity contribution in [1.29, 1.82) is 0 Å². The Kier molecular flexibility index (Phi) is 47.5. The van der Waals surface area contributed by atoms with Crippen LogP contribution in [0.2, 0.25) is 0 Å². The Morgan fingerprint density at radius 1 is 0.446 bits per heavy atom. The largest absolute Gasteiger partial charge is 0.391 e. The summed E-state index contributed by atoms with van der Waals surface area (Å²) in [5, 5.41) is 0. The van der Waals surface area contributed by atoms with Crippen molar-refractivity contribution in [2.45, 2.75) is 187 Å². The summed E-state index contributed by atoms with van der Waals surface area (Å²) in [5.41, 5.74) is 0. The Balaban J connectivity index is -0.0000000790. The van der Waals surface area contributed by atoms with Crippen molar-refractivity contribution in [1.82, 2.24) is 0 Å². The summed E-state index contributed by atoms with van der Waals surface area (Å²) in [6.45, 7) is 25.5. The van der Waals surface area contributed by atoms with Crippen molar-refractivity contribution in [3.8, 4) is 0 Å². The molecule has 0 amide bonds. The summed E-state index contributed by atoms with van der Waals surface area (Å²) < 4.78 is 207. The maximum atomic E-state index is 12.3. The lowest BCUT2D eigenvalue weighted by Gasteiger charge is -2.26. The number of hydrogen-bond acceptors (Lipinski definition) is 0. The molecule has 0 N–H and O–H groups in total. The molecule has 0 aliphatic rings. The van der Waals surface area contributed by atoms with Gasteiger partial charge < -0.3 is 0 Å². The molecule has 0 rings (SSSR count). The molecule has 0 spiro atoms. The Morgan fingerprint density at radius 2 is 0.732 bits per heavy atom. The van der Waals surface area contributed by atoms with Crippen molar-refractivity contribution in [2.24, 2.45) is 47.3 Å². The number of hydrogen-bond donors (Lipinski definition) is 0. The number of halogens is 18. The van der Waals surface area contributed by atoms with Crippen molar-refractivity contribution in [3.63, 3.8) is 0 Å². The van der Waals surface area contributed by atoms with Crippen LogP contribution in [-0.2, 0) is 0 Å². The molecule has 0 saturated carbocycles. The first kappa shape index (κ1) is 72.4. The van der Waals surface area contributed by atoms with E-state index >= 15 is 0 Å². The van der Waals surface area contributed by atoms with Crippen LogP contribution >= 0.6 is 0 Å². The van der Waals surface area contributed by atoms with Gasteiger partial charge in [0, 0.05) is 43.4 Å². The third-order valence-corrected chi connectivity index (χ3v) is 5.77. The molecule has 0 aromatic rings. The second-order valence-corrected chi connectivity index (χ2v) is 15.7. The first-order valence-corrected chi connectivity index (χ1v) is 18.3. The van der Waals surface area contributed by atoms with Crippen LogP contribution in [0.4, 0.5) is 79.0 Å². The van der Waals surface area contributed by atoms with Crippen molar-refractivity contribution in [3.05, 3.63) is 0 Å². The Labute approximate surface area is 326 Å². The molecule has 0 nitrogen and oxygen atoms in total. The molecule has 0 aliphatic carbocycles. The highest BCUT2D eigenvalue weighted by Gasteiger charge is 2.54. The summed E-state index contributed by atoms with van der Waals surface area (Å²) in [5.74, 6) is -13.3. The minimum atomic E-state index is -4.00. The maximum absolute atomic E-state index is 12.3. The van der Waals surface area contributed by atoms with Crippen LogP contribution in [0.1, 0.15) is 144 Å². The predicted octanol–water partition coefficient (Wildman–Crippen LogP) is 17.8. The average molecular weight is 873 g/mol. The Morgan fingerprint density at radius 3 is 0.732 bits per heavy atom. The second-order valence-electron chi connectivity index (χ2n) is 15.7. The van der Waals surface area contributed by atoms with Gasteiger partial charge in [-0.15, -0.1) is 0 Å². The second kappa shape index (κ2) is 36.8. The fraction of sp³-hybridized carbons (Fsp3) is 1.00. The SMILES string of the molecule is CC(C)C(C)(F)F.CC(C)C(F)(F)C(C)(F)F.CC(C)C(F)(F)F.CC(C)C(F)F.CC(C)CC(F)(F)F.CC(C)CC(F)F.CC(C)CCF.CC(C)CF. The van der Waals surface area contributed by atoms with E-state index in [1.807, 2.05) is 27.7 Å². The summed E-state index contributed by atoms with van der Waals surface area (Å²) in [6.07, 6.45) is -12.2. The predicted molar refractivity (Wildman–Crippen MR) is 195 cm³/mol. The van der Waals surface area contributed by atoms with Gasteiger partial charge in [-0.2, -0.15) is 35.1 Å². The zero-order valence-corrected chi connectivity index (χ0v) is 36.6. The van der Waals surface area contributed by atoms with Gasteiger partial charge in [-0.25, -0.2) is 35.1 Å². The molecule has 0 atom stereocenters. The van der Waals surface area contributed by atoms with Gasteiger partial charge in [-0.3, -0.25) is 8.78 Å². The van der Waals surface area contributed by atoms with E-state index in [0.717, 1.165) is 34.6 Å². The topological polar surface area (TPSA) is 0 Å². The zero-order chi connectivity index (χ0) is 47.8. The molecule has 0 aromatic carbocycles. The van der Waals surface area contributed by atoms with E-state index in [-0.39, 0.29) is 44.4 Å². The van der Waals surface area contributed by atoms with E-state index in [9.17, 15) is 79.0 Å². The van der Waals surface area contributed by atoms with Gasteiger partial charge in [0.05, 0.1) is 13.3 Å². The van der Waals surface area contributed by atoms with Gasteiger partial charge in [0.25, 0.3) is 0 Å². The van der Waals surface area contributed by atoms with Crippen LogP contribution in [0.5, 0.6) is 0 Å². The van der Waals surface area contributed by atoms with E-state index < -0.39 is 73.1 Å². The van der Waals surface area contributed by atoms with Gasteiger partial charge >= 0.3 is 24.2 Å². The molecule has 0 fully saturated rings. The van der Waals surface area contributed by atoms with Gasteiger partial charge in [0.15, 0.2) is 0 Å². The van der Waals surface area contributed by atoms with Crippen molar-refractivity contribution in [2.75, 3.05) is 13.3 Å². The zero-order valence-electron chi connectivity index (χ0n) is 36.6. The lowest BCUT2D eigenvalue weighted by molar-refractivity contribution is -0.220. The fourth-order valence-corrected chi connectivity index (χ4v) is 1.54. The first-order valence-electron chi connectivity index (χ1n) is 18.3. The standard InChI is InChI=1S/C6H10F4.C5H9F3.2C5H10F2.C5H11F.C4H7F3.C4H8F2.C4H9F/c1-4(2)6(9,10)5(3,7)8;1-4(2)3-5(6,7)8;1-4(2)5(3,6)7;1-4(2)3-5(6)7;1-5(2)3-4-6;1-3(2)4(5,6)7;1-3(2)4(5)6;1-4(2)3-5/h4H,1-3H3;4H,3H2,1-2H3;4H,1-3H3;4-5H,3H2,1-2H3;5H,3-4H2,1-2H3;3H,1-2H3;3-4H,1-2H3;4H,3H2,1-2H3. The molecule has 0 heterocycles. The highest BCUT2D eigenvalue weighted by atomic mass is 19.4. The summed E-state index contributed by atoms with van der Waals surface area (Å²) >= 11 is 0. The highest BCUT2D eigenvalue weighted by Crippen LogP contribution is 2.39. The normalized spacial score (nSPS) is 12.1. The summed E-state index contributed by atoms with van der Waals surface area (Å²) in [4.78, 5) is 0. The van der Waals surface area contributed by atoms with Crippen LogP contribution < -0.4 is 0 Å². The molecule has 56 heavy (non-hydrogen) atoms. The van der Waals surface area contributed by atoms with E-state index in [2.05, 4.69) is 0 Å². The molecule has 352 valence electrons. The van der Waals surface area contributed by atoms with Crippen LogP contribution in [0, 0.1) is 47.3 Å². The lowest BCUT2D eigenvalue weighted by atomic mass is 10.0. The fourth-order valence-electron chi connectivity index (χ4n) is 1.54. The smallest absolute Gasteiger partial charge is 0.251 e. The molecular formula is C38H74F18. The molecule has 0 unspecified atom stereocenters. The minimum absolute atomic E-state index is 0.0278. The lowest BCUT2D eigenvalue weighted by Crippen LogP contribution is -2.42. The van der Waals surface area contributed by atoms with Gasteiger partial charge in [-0.1, -0.05) is 111 Å². The molecule has 0 saturated heterocycles. The van der Waals surface area contributed by atoms with E-state index in [0.29, 0.717) is 12.3 Å². The van der Waals surface area contributed by atoms with Gasteiger partial charge in [0.1, 0.15) is 0 Å².